The number of para-hydroxylation sites is 1. The summed E-state index contributed by atoms with van der Waals surface area (Å²) < 4.78 is 16.3. The molecule has 0 aromatic heterocycles. The molecule has 0 bridgehead atoms. The molecule has 3 rings (SSSR count). The van der Waals surface area contributed by atoms with Gasteiger partial charge in [-0.05, 0) is 54.5 Å². The molecule has 1 aliphatic heterocycles. The Morgan fingerprint density at radius 1 is 1.16 bits per heavy atom. The topological polar surface area (TPSA) is 60.0 Å². The van der Waals surface area contributed by atoms with E-state index in [4.69, 9.17) is 49.6 Å². The SMILES string of the molecule is COCCCN1C(=O)/C(=C\c2ccc(OC)c(COc3c(Cl)cccc3Cl)c2)NC1=S. The highest BCUT2D eigenvalue weighted by molar-refractivity contribution is 7.80. The fourth-order valence-corrected chi connectivity index (χ4v) is 3.87. The van der Waals surface area contributed by atoms with Crippen LogP contribution in [-0.4, -0.2) is 43.3 Å². The summed E-state index contributed by atoms with van der Waals surface area (Å²) in [5.74, 6) is 0.881. The van der Waals surface area contributed by atoms with Crippen molar-refractivity contribution in [2.45, 2.75) is 13.0 Å². The zero-order valence-corrected chi connectivity index (χ0v) is 19.4. The number of carbonyl (C=O) groups is 1. The van der Waals surface area contributed by atoms with E-state index in [-0.39, 0.29) is 12.5 Å². The van der Waals surface area contributed by atoms with Crippen molar-refractivity contribution >= 4 is 52.5 Å². The van der Waals surface area contributed by atoms with E-state index < -0.39 is 0 Å². The van der Waals surface area contributed by atoms with Crippen LogP contribution in [0, 0.1) is 0 Å². The number of carbonyl (C=O) groups excluding carboxylic acids is 1. The van der Waals surface area contributed by atoms with Gasteiger partial charge in [0.1, 0.15) is 18.1 Å². The summed E-state index contributed by atoms with van der Waals surface area (Å²) in [5.41, 5.74) is 1.98. The molecule has 0 radical (unpaired) electrons. The number of benzene rings is 2. The second-order valence-corrected chi connectivity index (χ2v) is 7.90. The molecule has 1 fully saturated rings. The quantitative estimate of drug-likeness (QED) is 0.319. The van der Waals surface area contributed by atoms with Crippen molar-refractivity contribution < 1.29 is 19.0 Å². The molecule has 164 valence electrons. The lowest BCUT2D eigenvalue weighted by Gasteiger charge is -2.13. The first-order chi connectivity index (χ1) is 14.9. The van der Waals surface area contributed by atoms with Crippen molar-refractivity contribution in [3.8, 4) is 11.5 Å². The zero-order chi connectivity index (χ0) is 22.4. The van der Waals surface area contributed by atoms with E-state index in [0.29, 0.717) is 51.9 Å². The first-order valence-corrected chi connectivity index (χ1v) is 10.7. The largest absolute Gasteiger partial charge is 0.496 e. The average Bonchev–Trinajstić information content (AvgIpc) is 3.01. The predicted octanol–water partition coefficient (Wildman–Crippen LogP) is 4.68. The van der Waals surface area contributed by atoms with Gasteiger partial charge in [0, 0.05) is 25.8 Å². The Morgan fingerprint density at radius 2 is 1.90 bits per heavy atom. The smallest absolute Gasteiger partial charge is 0.276 e. The Balaban J connectivity index is 1.79. The van der Waals surface area contributed by atoms with Crippen molar-refractivity contribution in [3.05, 3.63) is 63.3 Å². The van der Waals surface area contributed by atoms with E-state index in [9.17, 15) is 4.79 Å². The van der Waals surface area contributed by atoms with Gasteiger partial charge in [0.15, 0.2) is 10.9 Å². The van der Waals surface area contributed by atoms with Gasteiger partial charge in [-0.15, -0.1) is 0 Å². The van der Waals surface area contributed by atoms with Crippen LogP contribution in [0.15, 0.2) is 42.1 Å². The van der Waals surface area contributed by atoms with Crippen molar-refractivity contribution in [1.29, 1.82) is 0 Å². The number of amides is 1. The third kappa shape index (κ3) is 5.68. The summed E-state index contributed by atoms with van der Waals surface area (Å²) in [6, 6.07) is 10.7. The zero-order valence-electron chi connectivity index (χ0n) is 17.1. The monoisotopic (exact) mass is 480 g/mol. The lowest BCUT2D eigenvalue weighted by atomic mass is 10.1. The highest BCUT2D eigenvalue weighted by Crippen LogP contribution is 2.34. The van der Waals surface area contributed by atoms with Gasteiger partial charge in [-0.1, -0.05) is 35.3 Å². The Morgan fingerprint density at radius 3 is 2.58 bits per heavy atom. The molecular formula is C22H22Cl2N2O4S. The van der Waals surface area contributed by atoms with Crippen LogP contribution in [0.4, 0.5) is 0 Å². The van der Waals surface area contributed by atoms with Crippen LogP contribution in [0.2, 0.25) is 10.0 Å². The summed E-state index contributed by atoms with van der Waals surface area (Å²) in [6.07, 6.45) is 2.45. The Labute approximate surface area is 196 Å². The van der Waals surface area contributed by atoms with Gasteiger partial charge >= 0.3 is 0 Å². The molecule has 1 amide bonds. The van der Waals surface area contributed by atoms with Gasteiger partial charge in [0.05, 0.1) is 17.2 Å². The van der Waals surface area contributed by atoms with E-state index in [0.717, 1.165) is 11.1 Å². The minimum atomic E-state index is -0.169. The number of nitrogens with zero attached hydrogens (tertiary/aromatic N) is 1. The third-order valence-electron chi connectivity index (χ3n) is 4.60. The molecule has 0 aliphatic carbocycles. The molecule has 9 heteroatoms. The first-order valence-electron chi connectivity index (χ1n) is 9.51. The Kier molecular flexibility index (Phi) is 8.15. The van der Waals surface area contributed by atoms with Crippen molar-refractivity contribution in [3.63, 3.8) is 0 Å². The van der Waals surface area contributed by atoms with E-state index in [1.54, 1.807) is 38.5 Å². The molecule has 2 aromatic carbocycles. The number of rotatable bonds is 9. The molecule has 2 aromatic rings. The summed E-state index contributed by atoms with van der Waals surface area (Å²) in [7, 11) is 3.20. The van der Waals surface area contributed by atoms with Gasteiger partial charge in [-0.2, -0.15) is 0 Å². The molecule has 31 heavy (non-hydrogen) atoms. The van der Waals surface area contributed by atoms with Crippen molar-refractivity contribution in [1.82, 2.24) is 10.2 Å². The number of halogens is 2. The maximum absolute atomic E-state index is 12.7. The lowest BCUT2D eigenvalue weighted by Crippen LogP contribution is -2.32. The summed E-state index contributed by atoms with van der Waals surface area (Å²) in [4.78, 5) is 14.2. The van der Waals surface area contributed by atoms with E-state index in [1.807, 2.05) is 18.2 Å². The van der Waals surface area contributed by atoms with E-state index in [1.165, 1.54) is 4.90 Å². The molecule has 1 heterocycles. The van der Waals surface area contributed by atoms with Gasteiger partial charge in [0.2, 0.25) is 0 Å². The van der Waals surface area contributed by atoms with Crippen LogP contribution >= 0.6 is 35.4 Å². The van der Waals surface area contributed by atoms with Gasteiger partial charge < -0.3 is 19.5 Å². The van der Waals surface area contributed by atoms with Crippen LogP contribution in [0.3, 0.4) is 0 Å². The first kappa shape index (κ1) is 23.3. The fraction of sp³-hybridized carbons (Fsp3) is 0.273. The molecule has 0 atom stereocenters. The second-order valence-electron chi connectivity index (χ2n) is 6.70. The molecule has 1 aliphatic rings. The lowest BCUT2D eigenvalue weighted by molar-refractivity contribution is -0.122. The van der Waals surface area contributed by atoms with Crippen molar-refractivity contribution in [2.75, 3.05) is 27.4 Å². The van der Waals surface area contributed by atoms with E-state index >= 15 is 0 Å². The molecule has 0 unspecified atom stereocenters. The predicted molar refractivity (Wildman–Crippen MR) is 126 cm³/mol. The standard InChI is InChI=1S/C22H22Cl2N2O4S/c1-28-10-4-9-26-21(27)18(25-22(26)31)12-14-7-8-19(29-2)15(11-14)13-30-20-16(23)5-3-6-17(20)24/h3,5-8,11-12H,4,9-10,13H2,1-2H3,(H,25,31)/b18-12+. The number of thiocarbonyl (C=S) groups is 1. The van der Waals surface area contributed by atoms with Gasteiger partial charge in [-0.25, -0.2) is 0 Å². The molecule has 0 spiro atoms. The van der Waals surface area contributed by atoms with Gasteiger partial charge in [-0.3, -0.25) is 9.69 Å². The third-order valence-corrected chi connectivity index (χ3v) is 5.52. The van der Waals surface area contributed by atoms with Crippen LogP contribution < -0.4 is 14.8 Å². The summed E-state index contributed by atoms with van der Waals surface area (Å²) in [6.45, 7) is 1.24. The average molecular weight is 481 g/mol. The minimum absolute atomic E-state index is 0.169. The number of hydrogen-bond donors (Lipinski definition) is 1. The van der Waals surface area contributed by atoms with E-state index in [2.05, 4.69) is 5.32 Å². The van der Waals surface area contributed by atoms with Crippen LogP contribution in [0.5, 0.6) is 11.5 Å². The molecular weight excluding hydrogens is 459 g/mol. The maximum atomic E-state index is 12.7. The molecule has 6 nitrogen and oxygen atoms in total. The molecule has 1 N–H and O–H groups in total. The maximum Gasteiger partial charge on any atom is 0.276 e. The number of hydrogen-bond acceptors (Lipinski definition) is 5. The summed E-state index contributed by atoms with van der Waals surface area (Å²) >= 11 is 17.7. The summed E-state index contributed by atoms with van der Waals surface area (Å²) in [5, 5.41) is 4.21. The number of nitrogens with one attached hydrogen (secondary N) is 1. The Hall–Kier alpha value is -2.32. The Bertz CT molecular complexity index is 993. The van der Waals surface area contributed by atoms with Crippen LogP contribution in [0.1, 0.15) is 17.5 Å². The highest BCUT2D eigenvalue weighted by Gasteiger charge is 2.30. The number of methoxy groups -OCH3 is 2. The number of ether oxygens (including phenoxy) is 3. The van der Waals surface area contributed by atoms with Gasteiger partial charge in [0.25, 0.3) is 5.91 Å². The highest BCUT2D eigenvalue weighted by atomic mass is 35.5. The minimum Gasteiger partial charge on any atom is -0.496 e. The second kappa shape index (κ2) is 10.8. The normalized spacial score (nSPS) is 14.8. The fourth-order valence-electron chi connectivity index (χ4n) is 3.08. The van der Waals surface area contributed by atoms with Crippen LogP contribution in [0.25, 0.3) is 6.08 Å². The molecule has 1 saturated heterocycles. The molecule has 0 saturated carbocycles. The van der Waals surface area contributed by atoms with Crippen molar-refractivity contribution in [2.24, 2.45) is 0 Å². The van der Waals surface area contributed by atoms with Crippen LogP contribution in [-0.2, 0) is 16.1 Å².